The van der Waals surface area contributed by atoms with Gasteiger partial charge >= 0.3 is 0 Å². The van der Waals surface area contributed by atoms with Crippen molar-refractivity contribution >= 4 is 11.9 Å². The standard InChI is InChI=1S/C13H16FN5/c1-9-16-12(18-13(17-9)19(2)3)15-8-10-4-6-11(14)7-5-10/h4-7H,8H2,1-3H3,(H,15,16,17,18). The van der Waals surface area contributed by atoms with E-state index in [9.17, 15) is 4.39 Å². The lowest BCUT2D eigenvalue weighted by Crippen LogP contribution is -2.16. The summed E-state index contributed by atoms with van der Waals surface area (Å²) in [5.41, 5.74) is 0.964. The number of rotatable bonds is 4. The van der Waals surface area contributed by atoms with Crippen molar-refractivity contribution in [3.05, 3.63) is 41.5 Å². The van der Waals surface area contributed by atoms with E-state index in [0.717, 1.165) is 5.56 Å². The predicted molar refractivity (Wildman–Crippen MR) is 72.6 cm³/mol. The first-order valence-electron chi connectivity index (χ1n) is 5.93. The lowest BCUT2D eigenvalue weighted by atomic mass is 10.2. The van der Waals surface area contributed by atoms with Crippen LogP contribution in [0.4, 0.5) is 16.3 Å². The van der Waals surface area contributed by atoms with Crippen LogP contribution < -0.4 is 10.2 Å². The molecule has 0 atom stereocenters. The van der Waals surface area contributed by atoms with E-state index in [4.69, 9.17) is 0 Å². The van der Waals surface area contributed by atoms with Crippen molar-refractivity contribution < 1.29 is 4.39 Å². The summed E-state index contributed by atoms with van der Waals surface area (Å²) >= 11 is 0. The molecule has 1 N–H and O–H groups in total. The molecule has 0 unspecified atom stereocenters. The van der Waals surface area contributed by atoms with Gasteiger partial charge in [0.15, 0.2) is 0 Å². The van der Waals surface area contributed by atoms with Gasteiger partial charge in [0.1, 0.15) is 11.6 Å². The van der Waals surface area contributed by atoms with Crippen LogP contribution in [0.3, 0.4) is 0 Å². The molecule has 0 aliphatic heterocycles. The molecule has 0 radical (unpaired) electrons. The number of aromatic nitrogens is 3. The van der Waals surface area contributed by atoms with Gasteiger partial charge in [-0.15, -0.1) is 0 Å². The van der Waals surface area contributed by atoms with Crippen molar-refractivity contribution in [2.45, 2.75) is 13.5 Å². The third-order valence-corrected chi connectivity index (χ3v) is 2.50. The van der Waals surface area contributed by atoms with Crippen LogP contribution in [-0.4, -0.2) is 29.0 Å². The number of hydrogen-bond donors (Lipinski definition) is 1. The number of aryl methyl sites for hydroxylation is 1. The summed E-state index contributed by atoms with van der Waals surface area (Å²) in [6.45, 7) is 2.36. The van der Waals surface area contributed by atoms with E-state index >= 15 is 0 Å². The summed E-state index contributed by atoms with van der Waals surface area (Å²) in [7, 11) is 3.75. The van der Waals surface area contributed by atoms with Gasteiger partial charge < -0.3 is 10.2 Å². The van der Waals surface area contributed by atoms with E-state index < -0.39 is 0 Å². The second-order valence-corrected chi connectivity index (χ2v) is 4.38. The first kappa shape index (κ1) is 13.2. The maximum Gasteiger partial charge on any atom is 0.229 e. The number of nitrogens with zero attached hydrogens (tertiary/aromatic N) is 4. The Morgan fingerprint density at radius 1 is 1.11 bits per heavy atom. The lowest BCUT2D eigenvalue weighted by Gasteiger charge is -2.12. The van der Waals surface area contributed by atoms with Gasteiger partial charge in [-0.25, -0.2) is 4.39 Å². The van der Waals surface area contributed by atoms with E-state index in [1.54, 1.807) is 12.1 Å². The van der Waals surface area contributed by atoms with Gasteiger partial charge in [0.05, 0.1) is 0 Å². The van der Waals surface area contributed by atoms with Gasteiger partial charge in [-0.1, -0.05) is 12.1 Å². The van der Waals surface area contributed by atoms with E-state index in [-0.39, 0.29) is 5.82 Å². The minimum atomic E-state index is -0.241. The van der Waals surface area contributed by atoms with E-state index in [0.29, 0.717) is 24.3 Å². The minimum Gasteiger partial charge on any atom is -0.350 e. The Morgan fingerprint density at radius 2 is 1.79 bits per heavy atom. The smallest absolute Gasteiger partial charge is 0.229 e. The number of hydrogen-bond acceptors (Lipinski definition) is 5. The molecule has 0 saturated carbocycles. The zero-order valence-corrected chi connectivity index (χ0v) is 11.2. The summed E-state index contributed by atoms with van der Waals surface area (Å²) in [5.74, 6) is 1.53. The second kappa shape index (κ2) is 5.60. The molecule has 0 fully saturated rings. The molecule has 2 aromatic rings. The molecule has 2 rings (SSSR count). The fourth-order valence-corrected chi connectivity index (χ4v) is 1.53. The molecule has 0 bridgehead atoms. The average molecular weight is 261 g/mol. The minimum absolute atomic E-state index is 0.241. The highest BCUT2D eigenvalue weighted by atomic mass is 19.1. The highest BCUT2D eigenvalue weighted by Gasteiger charge is 2.05. The molecule has 1 aromatic carbocycles. The Hall–Kier alpha value is -2.24. The molecule has 100 valence electrons. The Kier molecular flexibility index (Phi) is 3.89. The summed E-state index contributed by atoms with van der Waals surface area (Å²) in [6.07, 6.45) is 0. The quantitative estimate of drug-likeness (QED) is 0.912. The van der Waals surface area contributed by atoms with Crippen molar-refractivity contribution in [1.82, 2.24) is 15.0 Å². The molecule has 19 heavy (non-hydrogen) atoms. The Bertz CT molecular complexity index is 553. The number of halogens is 1. The summed E-state index contributed by atoms with van der Waals surface area (Å²) in [5, 5.41) is 3.11. The van der Waals surface area contributed by atoms with Gasteiger partial charge in [0.2, 0.25) is 11.9 Å². The van der Waals surface area contributed by atoms with Gasteiger partial charge in [-0.05, 0) is 24.6 Å². The van der Waals surface area contributed by atoms with E-state index in [2.05, 4.69) is 20.3 Å². The number of benzene rings is 1. The number of anilines is 2. The normalized spacial score (nSPS) is 10.3. The van der Waals surface area contributed by atoms with E-state index in [1.165, 1.54) is 12.1 Å². The summed E-state index contributed by atoms with van der Waals surface area (Å²) in [4.78, 5) is 14.5. The molecule has 1 heterocycles. The average Bonchev–Trinajstić information content (AvgIpc) is 2.37. The van der Waals surface area contributed by atoms with Crippen molar-refractivity contribution in [2.24, 2.45) is 0 Å². The fraction of sp³-hybridized carbons (Fsp3) is 0.308. The van der Waals surface area contributed by atoms with Gasteiger partial charge in [-0.2, -0.15) is 15.0 Å². The topological polar surface area (TPSA) is 53.9 Å². The third-order valence-electron chi connectivity index (χ3n) is 2.50. The Morgan fingerprint density at radius 3 is 2.42 bits per heavy atom. The van der Waals surface area contributed by atoms with Crippen LogP contribution in [0, 0.1) is 12.7 Å². The molecule has 1 aromatic heterocycles. The van der Waals surface area contributed by atoms with Crippen LogP contribution >= 0.6 is 0 Å². The molecule has 0 aliphatic rings. The third kappa shape index (κ3) is 3.61. The lowest BCUT2D eigenvalue weighted by molar-refractivity contribution is 0.627. The van der Waals surface area contributed by atoms with Crippen LogP contribution in [-0.2, 0) is 6.54 Å². The predicted octanol–water partition coefficient (Wildman–Crippen LogP) is 2.00. The number of nitrogens with one attached hydrogen (secondary N) is 1. The molecule has 0 saturated heterocycles. The zero-order valence-electron chi connectivity index (χ0n) is 11.2. The van der Waals surface area contributed by atoms with Crippen LogP contribution in [0.5, 0.6) is 0 Å². The molecule has 0 aliphatic carbocycles. The second-order valence-electron chi connectivity index (χ2n) is 4.38. The van der Waals surface area contributed by atoms with Crippen LogP contribution in [0.1, 0.15) is 11.4 Å². The SMILES string of the molecule is Cc1nc(NCc2ccc(F)cc2)nc(N(C)C)n1. The largest absolute Gasteiger partial charge is 0.350 e. The Labute approximate surface area is 111 Å². The van der Waals surface area contributed by atoms with Crippen molar-refractivity contribution in [3.63, 3.8) is 0 Å². The van der Waals surface area contributed by atoms with Gasteiger partial charge in [0, 0.05) is 20.6 Å². The molecule has 0 amide bonds. The van der Waals surface area contributed by atoms with Crippen LogP contribution in [0.2, 0.25) is 0 Å². The van der Waals surface area contributed by atoms with Crippen LogP contribution in [0.25, 0.3) is 0 Å². The van der Waals surface area contributed by atoms with Crippen molar-refractivity contribution in [3.8, 4) is 0 Å². The maximum absolute atomic E-state index is 12.8. The first-order valence-corrected chi connectivity index (χ1v) is 5.93. The maximum atomic E-state index is 12.8. The van der Waals surface area contributed by atoms with Crippen molar-refractivity contribution in [1.29, 1.82) is 0 Å². The molecule has 5 nitrogen and oxygen atoms in total. The van der Waals surface area contributed by atoms with E-state index in [1.807, 2.05) is 25.9 Å². The fourth-order valence-electron chi connectivity index (χ4n) is 1.53. The first-order chi connectivity index (χ1) is 9.04. The Balaban J connectivity index is 2.08. The molecule has 0 spiro atoms. The summed E-state index contributed by atoms with van der Waals surface area (Å²) in [6, 6.07) is 6.31. The summed E-state index contributed by atoms with van der Waals surface area (Å²) < 4.78 is 12.8. The highest BCUT2D eigenvalue weighted by Crippen LogP contribution is 2.09. The van der Waals surface area contributed by atoms with Crippen molar-refractivity contribution in [2.75, 3.05) is 24.3 Å². The highest BCUT2D eigenvalue weighted by molar-refractivity contribution is 5.36. The zero-order chi connectivity index (χ0) is 13.8. The van der Waals surface area contributed by atoms with Gasteiger partial charge in [-0.3, -0.25) is 0 Å². The van der Waals surface area contributed by atoms with Gasteiger partial charge in [0.25, 0.3) is 0 Å². The van der Waals surface area contributed by atoms with Crippen LogP contribution in [0.15, 0.2) is 24.3 Å². The molecular formula is C13H16FN5. The molecular weight excluding hydrogens is 245 g/mol. The monoisotopic (exact) mass is 261 g/mol. The molecule has 6 heteroatoms.